The van der Waals surface area contributed by atoms with Crippen LogP contribution in [0.3, 0.4) is 0 Å². The Hall–Kier alpha value is -1.79. The Labute approximate surface area is 132 Å². The van der Waals surface area contributed by atoms with Gasteiger partial charge in [-0.25, -0.2) is 4.79 Å². The van der Waals surface area contributed by atoms with Crippen molar-refractivity contribution >= 4 is 39.8 Å². The third-order valence-corrected chi connectivity index (χ3v) is 3.90. The molecule has 7 heteroatoms. The first-order valence-corrected chi connectivity index (χ1v) is 7.46. The van der Waals surface area contributed by atoms with Gasteiger partial charge in [0.05, 0.1) is 24.4 Å². The van der Waals surface area contributed by atoms with Gasteiger partial charge in [-0.2, -0.15) is 4.37 Å². The number of hydrogen-bond acceptors (Lipinski definition) is 6. The predicted molar refractivity (Wildman–Crippen MR) is 84.1 cm³/mol. The number of nitrogens with zero attached hydrogens (tertiary/aromatic N) is 1. The molecule has 0 atom stereocenters. The Morgan fingerprint density at radius 3 is 2.86 bits per heavy atom. The van der Waals surface area contributed by atoms with Crippen LogP contribution in [0.2, 0.25) is 5.02 Å². The average molecular weight is 327 g/mol. The molecule has 1 aromatic carbocycles. The summed E-state index contributed by atoms with van der Waals surface area (Å²) in [5, 5.41) is 4.26. The van der Waals surface area contributed by atoms with Gasteiger partial charge in [0.1, 0.15) is 16.3 Å². The predicted octanol–water partition coefficient (Wildman–Crippen LogP) is 4.03. The lowest BCUT2D eigenvalue weighted by Gasteiger charge is -2.09. The second kappa shape index (κ2) is 6.78. The van der Waals surface area contributed by atoms with E-state index in [0.717, 1.165) is 5.69 Å². The quantitative estimate of drug-likeness (QED) is 0.840. The second-order valence-electron chi connectivity index (χ2n) is 4.17. The molecule has 0 saturated carbocycles. The number of esters is 1. The molecule has 0 spiro atoms. The lowest BCUT2D eigenvalue weighted by molar-refractivity contribution is 0.0527. The molecular formula is C14H15ClN2O3S. The number of aryl methyl sites for hydroxylation is 1. The lowest BCUT2D eigenvalue weighted by atomic mass is 10.2. The van der Waals surface area contributed by atoms with Crippen molar-refractivity contribution in [1.29, 1.82) is 0 Å². The molecule has 0 aliphatic rings. The third-order valence-electron chi connectivity index (χ3n) is 2.75. The summed E-state index contributed by atoms with van der Waals surface area (Å²) in [6.07, 6.45) is 0. The van der Waals surface area contributed by atoms with Crippen LogP contribution in [-0.2, 0) is 4.74 Å². The van der Waals surface area contributed by atoms with E-state index in [2.05, 4.69) is 9.69 Å². The molecule has 21 heavy (non-hydrogen) atoms. The fourth-order valence-electron chi connectivity index (χ4n) is 1.77. The van der Waals surface area contributed by atoms with Gasteiger partial charge >= 0.3 is 5.97 Å². The molecular weight excluding hydrogens is 312 g/mol. The fourth-order valence-corrected chi connectivity index (χ4v) is 2.84. The van der Waals surface area contributed by atoms with Gasteiger partial charge in [-0.1, -0.05) is 11.6 Å². The topological polar surface area (TPSA) is 60.5 Å². The molecule has 0 unspecified atom stereocenters. The van der Waals surface area contributed by atoms with Crippen molar-refractivity contribution in [1.82, 2.24) is 4.37 Å². The molecule has 1 N–H and O–H groups in total. The molecule has 1 heterocycles. The monoisotopic (exact) mass is 326 g/mol. The van der Waals surface area contributed by atoms with E-state index >= 15 is 0 Å². The van der Waals surface area contributed by atoms with Crippen molar-refractivity contribution in [2.45, 2.75) is 13.8 Å². The van der Waals surface area contributed by atoms with E-state index in [9.17, 15) is 4.79 Å². The van der Waals surface area contributed by atoms with Crippen molar-refractivity contribution in [2.24, 2.45) is 0 Å². The number of hydrogen-bond donors (Lipinski definition) is 1. The highest BCUT2D eigenvalue weighted by Gasteiger charge is 2.19. The molecule has 0 aliphatic heterocycles. The van der Waals surface area contributed by atoms with Gasteiger partial charge in [0.2, 0.25) is 0 Å². The van der Waals surface area contributed by atoms with Crippen molar-refractivity contribution in [2.75, 3.05) is 19.0 Å². The first kappa shape index (κ1) is 15.6. The van der Waals surface area contributed by atoms with E-state index in [1.54, 1.807) is 33.1 Å². The zero-order valence-corrected chi connectivity index (χ0v) is 13.5. The van der Waals surface area contributed by atoms with Crippen LogP contribution < -0.4 is 10.1 Å². The highest BCUT2D eigenvalue weighted by Crippen LogP contribution is 2.32. The minimum Gasteiger partial charge on any atom is -0.495 e. The molecule has 1 aromatic heterocycles. The Morgan fingerprint density at radius 1 is 1.48 bits per heavy atom. The fraction of sp³-hybridized carbons (Fsp3) is 0.286. The summed E-state index contributed by atoms with van der Waals surface area (Å²) in [6, 6.07) is 5.29. The van der Waals surface area contributed by atoms with E-state index < -0.39 is 0 Å². The number of methoxy groups -OCH3 is 1. The van der Waals surface area contributed by atoms with Crippen LogP contribution in [0.25, 0.3) is 0 Å². The maximum Gasteiger partial charge on any atom is 0.343 e. The number of ether oxygens (including phenoxy) is 2. The Kier molecular flexibility index (Phi) is 5.03. The van der Waals surface area contributed by atoms with Gasteiger partial charge in [-0.05, 0) is 43.6 Å². The molecule has 112 valence electrons. The van der Waals surface area contributed by atoms with Gasteiger partial charge in [0.15, 0.2) is 0 Å². The zero-order chi connectivity index (χ0) is 15.4. The van der Waals surface area contributed by atoms with E-state index in [1.807, 2.05) is 6.07 Å². The minimum absolute atomic E-state index is 0.321. The summed E-state index contributed by atoms with van der Waals surface area (Å²) in [5.41, 5.74) is 1.84. The van der Waals surface area contributed by atoms with Gasteiger partial charge in [-0.3, -0.25) is 0 Å². The summed E-state index contributed by atoms with van der Waals surface area (Å²) < 4.78 is 14.3. The van der Waals surface area contributed by atoms with Gasteiger partial charge in [-0.15, -0.1) is 0 Å². The molecule has 0 saturated heterocycles. The Balaban J connectivity index is 2.28. The second-order valence-corrected chi connectivity index (χ2v) is 5.35. The highest BCUT2D eigenvalue weighted by atomic mass is 35.5. The number of benzene rings is 1. The molecule has 0 radical (unpaired) electrons. The Morgan fingerprint density at radius 2 is 2.24 bits per heavy atom. The average Bonchev–Trinajstić information content (AvgIpc) is 2.80. The number of rotatable bonds is 5. The molecule has 0 fully saturated rings. The summed E-state index contributed by atoms with van der Waals surface area (Å²) in [4.78, 5) is 12.0. The first-order chi connectivity index (χ1) is 10.1. The van der Waals surface area contributed by atoms with E-state index in [-0.39, 0.29) is 5.97 Å². The maximum atomic E-state index is 12.0. The van der Waals surface area contributed by atoms with Gasteiger partial charge in [0, 0.05) is 5.69 Å². The third kappa shape index (κ3) is 3.46. The summed E-state index contributed by atoms with van der Waals surface area (Å²) in [7, 11) is 1.56. The van der Waals surface area contributed by atoms with E-state index in [1.165, 1.54) is 11.5 Å². The molecule has 0 aliphatic carbocycles. The Bertz CT molecular complexity index is 658. The number of carbonyl (C=O) groups is 1. The zero-order valence-electron chi connectivity index (χ0n) is 11.9. The standard InChI is InChI=1S/C14H15ClN2O3S/c1-4-20-14(18)12-8(2)17-21-13(12)16-9-5-6-11(19-3)10(15)7-9/h5-7,16H,4H2,1-3H3. The van der Waals surface area contributed by atoms with Crippen molar-refractivity contribution in [3.63, 3.8) is 0 Å². The molecule has 2 rings (SSSR count). The SMILES string of the molecule is CCOC(=O)c1c(C)nsc1Nc1ccc(OC)c(Cl)c1. The van der Waals surface area contributed by atoms with Crippen LogP contribution in [0, 0.1) is 6.92 Å². The molecule has 0 amide bonds. The van der Waals surface area contributed by atoms with Crippen LogP contribution in [0.15, 0.2) is 18.2 Å². The van der Waals surface area contributed by atoms with E-state index in [0.29, 0.717) is 33.6 Å². The first-order valence-electron chi connectivity index (χ1n) is 6.30. The number of anilines is 2. The van der Waals surface area contributed by atoms with Crippen molar-refractivity contribution in [3.8, 4) is 5.75 Å². The summed E-state index contributed by atoms with van der Waals surface area (Å²) in [6.45, 7) is 3.86. The highest BCUT2D eigenvalue weighted by molar-refractivity contribution is 7.10. The van der Waals surface area contributed by atoms with Gasteiger partial charge in [0.25, 0.3) is 0 Å². The molecule has 5 nitrogen and oxygen atoms in total. The maximum absolute atomic E-state index is 12.0. The van der Waals surface area contributed by atoms with Crippen molar-refractivity contribution < 1.29 is 14.3 Å². The number of aromatic nitrogens is 1. The van der Waals surface area contributed by atoms with Crippen molar-refractivity contribution in [3.05, 3.63) is 34.5 Å². The number of nitrogens with one attached hydrogen (secondary N) is 1. The minimum atomic E-state index is -0.383. The number of halogens is 1. The number of carbonyl (C=O) groups excluding carboxylic acids is 1. The van der Waals surface area contributed by atoms with Crippen LogP contribution in [0.5, 0.6) is 5.75 Å². The summed E-state index contributed by atoms with van der Waals surface area (Å²) in [5.74, 6) is 0.208. The van der Waals surface area contributed by atoms with Gasteiger partial charge < -0.3 is 14.8 Å². The summed E-state index contributed by atoms with van der Waals surface area (Å²) >= 11 is 7.29. The van der Waals surface area contributed by atoms with Crippen LogP contribution >= 0.6 is 23.1 Å². The van der Waals surface area contributed by atoms with E-state index in [4.69, 9.17) is 21.1 Å². The van der Waals surface area contributed by atoms with Crippen LogP contribution in [0.4, 0.5) is 10.7 Å². The van der Waals surface area contributed by atoms with Crippen LogP contribution in [-0.4, -0.2) is 24.1 Å². The normalized spacial score (nSPS) is 10.3. The lowest BCUT2D eigenvalue weighted by Crippen LogP contribution is -2.07. The largest absolute Gasteiger partial charge is 0.495 e. The van der Waals surface area contributed by atoms with Crippen LogP contribution in [0.1, 0.15) is 23.0 Å². The smallest absolute Gasteiger partial charge is 0.343 e. The molecule has 2 aromatic rings. The molecule has 0 bridgehead atoms.